The molecule has 0 fully saturated rings. The zero-order valence-electron chi connectivity index (χ0n) is 14.8. The average molecular weight is 372 g/mol. The molecular weight excluding hydrogens is 352 g/mol. The van der Waals surface area contributed by atoms with E-state index in [4.69, 9.17) is 4.42 Å². The first-order valence-corrected chi connectivity index (χ1v) is 9.59. The molecule has 3 rings (SSSR count). The minimum Gasteiger partial charge on any atom is -0.464 e. The van der Waals surface area contributed by atoms with E-state index in [0.29, 0.717) is 5.69 Å². The molecule has 0 saturated heterocycles. The Morgan fingerprint density at radius 3 is 2.58 bits per heavy atom. The number of carbonyl (C=O) groups is 1. The highest BCUT2D eigenvalue weighted by Gasteiger charge is 2.14. The predicted molar refractivity (Wildman–Crippen MR) is 101 cm³/mol. The van der Waals surface area contributed by atoms with Crippen LogP contribution in [0.15, 0.2) is 52.0 Å². The van der Waals surface area contributed by atoms with Crippen LogP contribution in [-0.4, -0.2) is 21.4 Å². The maximum absolute atomic E-state index is 12.4. The molecule has 7 heteroatoms. The highest BCUT2D eigenvalue weighted by Crippen LogP contribution is 2.25. The molecule has 0 saturated carbocycles. The van der Waals surface area contributed by atoms with Gasteiger partial charge >= 0.3 is 0 Å². The van der Waals surface area contributed by atoms with E-state index in [2.05, 4.69) is 10.0 Å². The van der Waals surface area contributed by atoms with E-state index in [1.54, 1.807) is 18.4 Å². The van der Waals surface area contributed by atoms with Gasteiger partial charge in [-0.25, -0.2) is 13.1 Å². The van der Waals surface area contributed by atoms with Gasteiger partial charge in [-0.1, -0.05) is 6.07 Å². The van der Waals surface area contributed by atoms with Gasteiger partial charge < -0.3 is 9.73 Å². The Labute approximate surface area is 152 Å². The summed E-state index contributed by atoms with van der Waals surface area (Å²) in [6, 6.07) is 10.1. The number of sulfonamides is 1. The monoisotopic (exact) mass is 372 g/mol. The Morgan fingerprint density at radius 1 is 1.12 bits per heavy atom. The highest BCUT2D eigenvalue weighted by atomic mass is 32.2. The lowest BCUT2D eigenvalue weighted by Crippen LogP contribution is -2.19. The van der Waals surface area contributed by atoms with Crippen LogP contribution in [-0.2, 0) is 21.2 Å². The molecule has 2 N–H and O–H groups in total. The molecule has 1 amide bonds. The second kappa shape index (κ2) is 6.93. The zero-order chi connectivity index (χ0) is 18.9. The fourth-order valence-electron chi connectivity index (χ4n) is 2.71. The molecular formula is C19H20N2O4S. The van der Waals surface area contributed by atoms with Crippen molar-refractivity contribution in [3.8, 4) is 0 Å². The van der Waals surface area contributed by atoms with E-state index in [0.717, 1.165) is 27.7 Å². The van der Waals surface area contributed by atoms with E-state index in [9.17, 15) is 13.2 Å². The number of hydrogen-bond acceptors (Lipinski definition) is 4. The Balaban J connectivity index is 1.80. The minimum atomic E-state index is -3.56. The summed E-state index contributed by atoms with van der Waals surface area (Å²) in [5.74, 6) is -0.245. The second-order valence-electron chi connectivity index (χ2n) is 6.15. The van der Waals surface area contributed by atoms with Crippen molar-refractivity contribution in [2.75, 3.05) is 12.4 Å². The summed E-state index contributed by atoms with van der Waals surface area (Å²) in [6.45, 7) is 4.02. The largest absolute Gasteiger partial charge is 0.464 e. The van der Waals surface area contributed by atoms with Crippen molar-refractivity contribution in [2.45, 2.75) is 25.2 Å². The molecule has 0 aliphatic heterocycles. The van der Waals surface area contributed by atoms with Crippen LogP contribution in [0.3, 0.4) is 0 Å². The fraction of sp³-hybridized carbons (Fsp3) is 0.211. The number of nitrogens with one attached hydrogen (secondary N) is 2. The molecule has 1 aromatic heterocycles. The van der Waals surface area contributed by atoms with Gasteiger partial charge in [0.05, 0.1) is 17.6 Å². The number of anilines is 1. The topological polar surface area (TPSA) is 88.4 Å². The second-order valence-corrected chi connectivity index (χ2v) is 8.04. The van der Waals surface area contributed by atoms with Crippen molar-refractivity contribution in [1.82, 2.24) is 4.72 Å². The van der Waals surface area contributed by atoms with Gasteiger partial charge in [0.25, 0.3) is 0 Å². The molecule has 0 atom stereocenters. The van der Waals surface area contributed by atoms with Gasteiger partial charge in [0.15, 0.2) is 0 Å². The molecule has 1 heterocycles. The van der Waals surface area contributed by atoms with Gasteiger partial charge in [0, 0.05) is 16.6 Å². The van der Waals surface area contributed by atoms with Crippen molar-refractivity contribution >= 4 is 32.6 Å². The normalized spacial score (nSPS) is 11.7. The van der Waals surface area contributed by atoms with Crippen LogP contribution in [0.1, 0.15) is 16.7 Å². The van der Waals surface area contributed by atoms with E-state index in [1.165, 1.54) is 19.2 Å². The van der Waals surface area contributed by atoms with Gasteiger partial charge in [-0.3, -0.25) is 4.79 Å². The first-order valence-electron chi connectivity index (χ1n) is 8.11. The average Bonchev–Trinajstić information content (AvgIpc) is 2.97. The van der Waals surface area contributed by atoms with Crippen LogP contribution in [0.25, 0.3) is 11.0 Å². The molecule has 136 valence electrons. The smallest absolute Gasteiger partial charge is 0.240 e. The number of carbonyl (C=O) groups excluding carboxylic acids is 1. The van der Waals surface area contributed by atoms with Crippen LogP contribution in [0.2, 0.25) is 0 Å². The SMILES string of the molecule is CNS(=O)(=O)c1cccc(NC(=O)Cc2coc3cc(C)c(C)cc23)c1. The lowest BCUT2D eigenvalue weighted by atomic mass is 10.0. The quantitative estimate of drug-likeness (QED) is 0.720. The van der Waals surface area contributed by atoms with Crippen molar-refractivity contribution < 1.29 is 17.6 Å². The molecule has 26 heavy (non-hydrogen) atoms. The minimum absolute atomic E-state index is 0.0951. The van der Waals surface area contributed by atoms with Crippen LogP contribution in [0.4, 0.5) is 5.69 Å². The van der Waals surface area contributed by atoms with Gasteiger partial charge in [-0.05, 0) is 62.4 Å². The van der Waals surface area contributed by atoms with Gasteiger partial charge in [-0.2, -0.15) is 0 Å². The summed E-state index contributed by atoms with van der Waals surface area (Å²) in [4.78, 5) is 12.5. The number of benzene rings is 2. The van der Waals surface area contributed by atoms with Crippen LogP contribution in [0.5, 0.6) is 0 Å². The third-order valence-corrected chi connectivity index (χ3v) is 5.73. The Kier molecular flexibility index (Phi) is 4.84. The lowest BCUT2D eigenvalue weighted by molar-refractivity contribution is -0.115. The highest BCUT2D eigenvalue weighted by molar-refractivity contribution is 7.89. The van der Waals surface area contributed by atoms with Crippen molar-refractivity contribution in [2.24, 2.45) is 0 Å². The Morgan fingerprint density at radius 2 is 1.85 bits per heavy atom. The molecule has 0 aliphatic carbocycles. The summed E-state index contributed by atoms with van der Waals surface area (Å²) < 4.78 is 31.5. The summed E-state index contributed by atoms with van der Waals surface area (Å²) in [7, 11) is -2.22. The van der Waals surface area contributed by atoms with Crippen LogP contribution < -0.4 is 10.0 Å². The first kappa shape index (κ1) is 18.2. The number of rotatable bonds is 5. The molecule has 2 aromatic carbocycles. The summed E-state index contributed by atoms with van der Waals surface area (Å²) >= 11 is 0. The van der Waals surface area contributed by atoms with Crippen LogP contribution in [0, 0.1) is 13.8 Å². The molecule has 3 aromatic rings. The number of aryl methyl sites for hydroxylation is 2. The zero-order valence-corrected chi connectivity index (χ0v) is 15.6. The van der Waals surface area contributed by atoms with E-state index >= 15 is 0 Å². The number of hydrogen-bond donors (Lipinski definition) is 2. The van der Waals surface area contributed by atoms with Gasteiger partial charge in [0.1, 0.15) is 5.58 Å². The lowest BCUT2D eigenvalue weighted by Gasteiger charge is -2.07. The Hall–Kier alpha value is -2.64. The van der Waals surface area contributed by atoms with Crippen molar-refractivity contribution in [3.63, 3.8) is 0 Å². The molecule has 0 spiro atoms. The van der Waals surface area contributed by atoms with E-state index < -0.39 is 10.0 Å². The molecule has 0 unspecified atom stereocenters. The fourth-order valence-corrected chi connectivity index (χ4v) is 3.49. The first-order chi connectivity index (χ1) is 12.3. The summed E-state index contributed by atoms with van der Waals surface area (Å²) in [5, 5.41) is 3.65. The molecule has 0 radical (unpaired) electrons. The standard InChI is InChI=1S/C19H20N2O4S/c1-12-7-17-14(11-25-18(17)8-13(12)2)9-19(22)21-15-5-4-6-16(10-15)26(23,24)20-3/h4-8,10-11,20H,9H2,1-3H3,(H,21,22). The predicted octanol–water partition coefficient (Wildman–Crippen LogP) is 3.14. The van der Waals surface area contributed by atoms with Crippen LogP contribution >= 0.6 is 0 Å². The third-order valence-electron chi connectivity index (χ3n) is 4.32. The van der Waals surface area contributed by atoms with Crippen molar-refractivity contribution in [1.29, 1.82) is 0 Å². The summed E-state index contributed by atoms with van der Waals surface area (Å²) in [6.07, 6.45) is 1.73. The van der Waals surface area contributed by atoms with E-state index in [-0.39, 0.29) is 17.2 Å². The van der Waals surface area contributed by atoms with E-state index in [1.807, 2.05) is 26.0 Å². The Bertz CT molecular complexity index is 1080. The number of fused-ring (bicyclic) bond motifs is 1. The van der Waals surface area contributed by atoms with Gasteiger partial charge in [-0.15, -0.1) is 0 Å². The molecule has 0 aliphatic rings. The number of furan rings is 1. The maximum Gasteiger partial charge on any atom is 0.240 e. The molecule has 0 bridgehead atoms. The summed E-state index contributed by atoms with van der Waals surface area (Å²) in [5.41, 5.74) is 4.22. The van der Waals surface area contributed by atoms with Crippen molar-refractivity contribution in [3.05, 3.63) is 59.4 Å². The molecule has 6 nitrogen and oxygen atoms in total. The van der Waals surface area contributed by atoms with Gasteiger partial charge in [0.2, 0.25) is 15.9 Å². The maximum atomic E-state index is 12.4. The number of amides is 1. The third kappa shape index (κ3) is 3.63.